The van der Waals surface area contributed by atoms with Gasteiger partial charge in [-0.2, -0.15) is 4.31 Å². The quantitative estimate of drug-likeness (QED) is 0.656. The number of fused-ring (bicyclic) bond motifs is 1. The van der Waals surface area contributed by atoms with Gasteiger partial charge < -0.3 is 4.90 Å². The van der Waals surface area contributed by atoms with Gasteiger partial charge in [0.2, 0.25) is 15.9 Å². The van der Waals surface area contributed by atoms with Crippen LogP contribution in [0.25, 0.3) is 0 Å². The Balaban J connectivity index is 1.45. The van der Waals surface area contributed by atoms with E-state index in [-0.39, 0.29) is 37.0 Å². The first-order valence-corrected chi connectivity index (χ1v) is 11.9. The largest absolute Gasteiger partial charge is 0.338 e. The molecule has 0 radical (unpaired) electrons. The monoisotopic (exact) mass is 455 g/mol. The lowest BCUT2D eigenvalue weighted by molar-refractivity contribution is -0.136. The third-order valence-electron chi connectivity index (χ3n) is 6.07. The zero-order valence-corrected chi connectivity index (χ0v) is 19.1. The second kappa shape index (κ2) is 8.14. The van der Waals surface area contributed by atoms with Crippen LogP contribution in [0, 0.1) is 13.8 Å². The number of hydrogen-bond acceptors (Lipinski definition) is 5. The van der Waals surface area contributed by atoms with Crippen molar-refractivity contribution in [2.75, 3.05) is 26.2 Å². The van der Waals surface area contributed by atoms with Crippen LogP contribution >= 0.6 is 0 Å². The molecule has 0 N–H and O–H groups in total. The lowest BCUT2D eigenvalue weighted by atomic mass is 10.1. The number of imide groups is 1. The average molecular weight is 456 g/mol. The summed E-state index contributed by atoms with van der Waals surface area (Å²) in [6.45, 7) is 5.88. The fourth-order valence-electron chi connectivity index (χ4n) is 4.31. The highest BCUT2D eigenvalue weighted by molar-refractivity contribution is 7.89. The summed E-state index contributed by atoms with van der Waals surface area (Å²) < 4.78 is 27.5. The number of sulfonamides is 1. The Morgan fingerprint density at radius 2 is 1.47 bits per heavy atom. The molecule has 1 atom stereocenters. The van der Waals surface area contributed by atoms with Crippen molar-refractivity contribution >= 4 is 27.7 Å². The number of carbonyl (C=O) groups excluding carboxylic acids is 3. The molecular formula is C23H25N3O5S. The predicted octanol–water partition coefficient (Wildman–Crippen LogP) is 1.82. The Labute approximate surface area is 187 Å². The van der Waals surface area contributed by atoms with Crippen molar-refractivity contribution < 1.29 is 22.8 Å². The first kappa shape index (κ1) is 22.2. The molecule has 0 bridgehead atoms. The van der Waals surface area contributed by atoms with Crippen LogP contribution in [0.3, 0.4) is 0 Å². The van der Waals surface area contributed by atoms with Crippen LogP contribution in [0.1, 0.15) is 38.8 Å². The van der Waals surface area contributed by atoms with E-state index in [1.165, 1.54) is 16.1 Å². The number of benzene rings is 2. The number of piperazine rings is 1. The van der Waals surface area contributed by atoms with E-state index in [4.69, 9.17) is 0 Å². The van der Waals surface area contributed by atoms with Gasteiger partial charge in [0, 0.05) is 26.2 Å². The normalized spacial score (nSPS) is 18.1. The molecule has 2 heterocycles. The summed E-state index contributed by atoms with van der Waals surface area (Å²) in [4.78, 5) is 41.2. The molecule has 8 nitrogen and oxygen atoms in total. The Morgan fingerprint density at radius 1 is 0.906 bits per heavy atom. The molecule has 2 aromatic rings. The summed E-state index contributed by atoms with van der Waals surface area (Å²) in [5.74, 6) is -1.34. The van der Waals surface area contributed by atoms with Crippen molar-refractivity contribution in [2.45, 2.75) is 31.7 Å². The van der Waals surface area contributed by atoms with Gasteiger partial charge in [0.05, 0.1) is 16.0 Å². The number of amides is 3. The average Bonchev–Trinajstić information content (AvgIpc) is 3.03. The molecule has 0 aromatic heterocycles. The van der Waals surface area contributed by atoms with E-state index in [0.29, 0.717) is 16.7 Å². The molecular weight excluding hydrogens is 430 g/mol. The summed E-state index contributed by atoms with van der Waals surface area (Å²) in [7, 11) is -3.67. The third-order valence-corrected chi connectivity index (χ3v) is 8.13. The number of rotatable bonds is 4. The topological polar surface area (TPSA) is 95.1 Å². The van der Waals surface area contributed by atoms with Gasteiger partial charge in [-0.25, -0.2) is 8.42 Å². The Morgan fingerprint density at radius 3 is 2.00 bits per heavy atom. The fraction of sp³-hybridized carbons (Fsp3) is 0.348. The minimum Gasteiger partial charge on any atom is -0.338 e. The van der Waals surface area contributed by atoms with Gasteiger partial charge in [-0.15, -0.1) is 0 Å². The summed E-state index contributed by atoms with van der Waals surface area (Å²) >= 11 is 0. The summed E-state index contributed by atoms with van der Waals surface area (Å²) in [6.07, 6.45) is 0. The third kappa shape index (κ3) is 3.61. The maximum atomic E-state index is 13.1. The number of hydrogen-bond donors (Lipinski definition) is 0. The van der Waals surface area contributed by atoms with Crippen molar-refractivity contribution in [3.8, 4) is 0 Å². The molecule has 3 amide bonds. The molecule has 0 saturated carbocycles. The minimum atomic E-state index is -3.67. The molecule has 32 heavy (non-hydrogen) atoms. The van der Waals surface area contributed by atoms with Crippen molar-refractivity contribution in [3.63, 3.8) is 0 Å². The second-order valence-electron chi connectivity index (χ2n) is 8.20. The van der Waals surface area contributed by atoms with Crippen LogP contribution in [0.4, 0.5) is 0 Å². The number of carbonyl (C=O) groups is 3. The molecule has 4 rings (SSSR count). The molecule has 1 fully saturated rings. The lowest BCUT2D eigenvalue weighted by Crippen LogP contribution is -2.56. The van der Waals surface area contributed by atoms with E-state index in [0.717, 1.165) is 10.5 Å². The highest BCUT2D eigenvalue weighted by Gasteiger charge is 2.42. The van der Waals surface area contributed by atoms with E-state index in [1.807, 2.05) is 13.0 Å². The standard InChI is InChI=1S/C23H25N3O5S/c1-15-8-9-20(16(2)14-15)32(30,31)25-12-10-24(11-13-25)21(27)17(3)26-22(28)18-6-4-5-7-19(18)23(26)29/h4-9,14,17H,10-13H2,1-3H3. The lowest BCUT2D eigenvalue weighted by Gasteiger charge is -2.36. The van der Waals surface area contributed by atoms with Gasteiger partial charge in [-0.3, -0.25) is 19.3 Å². The number of nitrogens with zero attached hydrogens (tertiary/aromatic N) is 3. The van der Waals surface area contributed by atoms with Crippen molar-refractivity contribution in [1.29, 1.82) is 0 Å². The molecule has 2 aliphatic rings. The Kier molecular flexibility index (Phi) is 5.64. The zero-order valence-electron chi connectivity index (χ0n) is 18.2. The van der Waals surface area contributed by atoms with Crippen LogP contribution in [-0.4, -0.2) is 72.5 Å². The van der Waals surface area contributed by atoms with Gasteiger partial charge in [0.15, 0.2) is 0 Å². The van der Waals surface area contributed by atoms with Crippen LogP contribution in [0.2, 0.25) is 0 Å². The minimum absolute atomic E-state index is 0.149. The molecule has 9 heteroatoms. The summed E-state index contributed by atoms with van der Waals surface area (Å²) in [6, 6.07) is 10.7. The summed E-state index contributed by atoms with van der Waals surface area (Å²) in [5, 5.41) is 0. The molecule has 0 spiro atoms. The first-order chi connectivity index (χ1) is 15.1. The molecule has 168 valence electrons. The van der Waals surface area contributed by atoms with E-state index < -0.39 is 27.9 Å². The van der Waals surface area contributed by atoms with E-state index in [9.17, 15) is 22.8 Å². The summed E-state index contributed by atoms with van der Waals surface area (Å²) in [5.41, 5.74) is 2.25. The first-order valence-electron chi connectivity index (χ1n) is 10.5. The van der Waals surface area contributed by atoms with Gasteiger partial charge in [-0.05, 0) is 44.5 Å². The van der Waals surface area contributed by atoms with Crippen LogP contribution in [-0.2, 0) is 14.8 Å². The smallest absolute Gasteiger partial charge is 0.262 e. The van der Waals surface area contributed by atoms with Gasteiger partial charge in [-0.1, -0.05) is 29.8 Å². The second-order valence-corrected chi connectivity index (χ2v) is 10.1. The maximum absolute atomic E-state index is 13.1. The molecule has 0 aliphatic carbocycles. The van der Waals surface area contributed by atoms with Crippen LogP contribution < -0.4 is 0 Å². The Bertz CT molecular complexity index is 1180. The Hall–Kier alpha value is -3.04. The highest BCUT2D eigenvalue weighted by Crippen LogP contribution is 2.26. The van der Waals surface area contributed by atoms with Crippen molar-refractivity contribution in [1.82, 2.24) is 14.1 Å². The highest BCUT2D eigenvalue weighted by atomic mass is 32.2. The van der Waals surface area contributed by atoms with Gasteiger partial charge in [0.1, 0.15) is 6.04 Å². The molecule has 2 aromatic carbocycles. The van der Waals surface area contributed by atoms with Gasteiger partial charge in [0.25, 0.3) is 11.8 Å². The fourth-order valence-corrected chi connectivity index (χ4v) is 5.94. The molecule has 2 aliphatic heterocycles. The predicted molar refractivity (Wildman–Crippen MR) is 118 cm³/mol. The van der Waals surface area contributed by atoms with E-state index >= 15 is 0 Å². The van der Waals surface area contributed by atoms with E-state index in [2.05, 4.69) is 0 Å². The SMILES string of the molecule is Cc1ccc(S(=O)(=O)N2CCN(C(=O)C(C)N3C(=O)c4ccccc4C3=O)CC2)c(C)c1. The van der Waals surface area contributed by atoms with E-state index in [1.54, 1.807) is 43.3 Å². The van der Waals surface area contributed by atoms with Crippen LogP contribution in [0.15, 0.2) is 47.4 Å². The zero-order chi connectivity index (χ0) is 23.2. The van der Waals surface area contributed by atoms with Crippen molar-refractivity contribution in [2.24, 2.45) is 0 Å². The molecule has 1 saturated heterocycles. The van der Waals surface area contributed by atoms with Crippen molar-refractivity contribution in [3.05, 3.63) is 64.7 Å². The molecule has 1 unspecified atom stereocenters. The van der Waals surface area contributed by atoms with Gasteiger partial charge >= 0.3 is 0 Å². The maximum Gasteiger partial charge on any atom is 0.262 e. The number of aryl methyl sites for hydroxylation is 2. The van der Waals surface area contributed by atoms with Crippen LogP contribution in [0.5, 0.6) is 0 Å².